The van der Waals surface area contributed by atoms with Gasteiger partial charge in [0.15, 0.2) is 9.84 Å². The number of aromatic nitrogens is 1. The first kappa shape index (κ1) is 18.7. The lowest BCUT2D eigenvalue weighted by atomic mass is 10.1. The standard InChI is InChI=1S/C20H18ClN3O3S/c21-14-4-3-5-15(12-14)23-19-17-7-2-1-6-16(17)18(13-22-19)20(25)24-8-10-28(26,27)11-9-24/h1-7,12-13H,8-11H2,(H,22,23). The fourth-order valence-corrected chi connectivity index (χ4v) is 4.64. The van der Waals surface area contributed by atoms with Crippen LogP contribution in [0.2, 0.25) is 5.02 Å². The van der Waals surface area contributed by atoms with Gasteiger partial charge in [-0.3, -0.25) is 4.79 Å². The van der Waals surface area contributed by atoms with Gasteiger partial charge in [0.25, 0.3) is 5.91 Å². The Balaban J connectivity index is 1.69. The average Bonchev–Trinajstić information content (AvgIpc) is 2.68. The summed E-state index contributed by atoms with van der Waals surface area (Å²) >= 11 is 6.05. The summed E-state index contributed by atoms with van der Waals surface area (Å²) in [6, 6.07) is 14.8. The van der Waals surface area contributed by atoms with Crippen LogP contribution in [-0.4, -0.2) is 48.8 Å². The molecule has 0 bridgehead atoms. The van der Waals surface area contributed by atoms with Crippen LogP contribution in [0.25, 0.3) is 10.8 Å². The highest BCUT2D eigenvalue weighted by Gasteiger charge is 2.27. The molecule has 1 amide bonds. The summed E-state index contributed by atoms with van der Waals surface area (Å²) in [5.74, 6) is 0.417. The largest absolute Gasteiger partial charge is 0.340 e. The number of fused-ring (bicyclic) bond motifs is 1. The zero-order valence-corrected chi connectivity index (χ0v) is 16.5. The Hall–Kier alpha value is -2.64. The molecule has 0 atom stereocenters. The van der Waals surface area contributed by atoms with Crippen LogP contribution in [0.3, 0.4) is 0 Å². The summed E-state index contributed by atoms with van der Waals surface area (Å²) in [6.07, 6.45) is 1.54. The van der Waals surface area contributed by atoms with E-state index in [1.54, 1.807) is 23.2 Å². The topological polar surface area (TPSA) is 79.4 Å². The number of halogens is 1. The summed E-state index contributed by atoms with van der Waals surface area (Å²) in [7, 11) is -3.05. The number of hydrogen-bond acceptors (Lipinski definition) is 5. The first-order chi connectivity index (χ1) is 13.4. The number of nitrogens with one attached hydrogen (secondary N) is 1. The molecule has 0 radical (unpaired) electrons. The fourth-order valence-electron chi connectivity index (χ4n) is 3.25. The Morgan fingerprint density at radius 2 is 1.75 bits per heavy atom. The second kappa shape index (κ2) is 7.41. The molecule has 4 rings (SSSR count). The Morgan fingerprint density at radius 3 is 2.46 bits per heavy atom. The number of amides is 1. The van der Waals surface area contributed by atoms with Crippen LogP contribution in [0.5, 0.6) is 0 Å². The number of carbonyl (C=O) groups excluding carboxylic acids is 1. The lowest BCUT2D eigenvalue weighted by Gasteiger charge is -2.27. The van der Waals surface area contributed by atoms with Gasteiger partial charge in [0, 0.05) is 35.4 Å². The first-order valence-electron chi connectivity index (χ1n) is 8.83. The number of carbonyl (C=O) groups is 1. The lowest BCUT2D eigenvalue weighted by Crippen LogP contribution is -2.43. The van der Waals surface area contributed by atoms with Gasteiger partial charge < -0.3 is 10.2 Å². The zero-order valence-electron chi connectivity index (χ0n) is 14.9. The molecule has 0 aliphatic carbocycles. The molecule has 1 N–H and O–H groups in total. The van der Waals surface area contributed by atoms with Crippen LogP contribution in [0.15, 0.2) is 54.7 Å². The predicted molar refractivity (Wildman–Crippen MR) is 111 cm³/mol. The number of rotatable bonds is 3. The normalized spacial score (nSPS) is 16.1. The van der Waals surface area contributed by atoms with E-state index >= 15 is 0 Å². The number of benzene rings is 2. The highest BCUT2D eigenvalue weighted by Crippen LogP contribution is 2.28. The van der Waals surface area contributed by atoms with E-state index in [0.29, 0.717) is 16.4 Å². The van der Waals surface area contributed by atoms with Crippen molar-refractivity contribution in [1.29, 1.82) is 0 Å². The van der Waals surface area contributed by atoms with Gasteiger partial charge >= 0.3 is 0 Å². The van der Waals surface area contributed by atoms with E-state index in [1.807, 2.05) is 36.4 Å². The Bertz CT molecular complexity index is 1150. The molecule has 0 unspecified atom stereocenters. The van der Waals surface area contributed by atoms with Crippen LogP contribution < -0.4 is 5.32 Å². The van der Waals surface area contributed by atoms with E-state index in [0.717, 1.165) is 16.5 Å². The van der Waals surface area contributed by atoms with Gasteiger partial charge in [-0.15, -0.1) is 0 Å². The molecule has 6 nitrogen and oxygen atoms in total. The van der Waals surface area contributed by atoms with Crippen molar-refractivity contribution in [2.24, 2.45) is 0 Å². The summed E-state index contributed by atoms with van der Waals surface area (Å²) in [4.78, 5) is 19.0. The molecule has 2 heterocycles. The number of nitrogens with zero attached hydrogens (tertiary/aromatic N) is 2. The van der Waals surface area contributed by atoms with E-state index < -0.39 is 9.84 Å². The highest BCUT2D eigenvalue weighted by molar-refractivity contribution is 7.91. The Kier molecular flexibility index (Phi) is 4.95. The first-order valence-corrected chi connectivity index (χ1v) is 11.0. The number of anilines is 2. The molecule has 2 aromatic carbocycles. The second-order valence-electron chi connectivity index (χ2n) is 6.65. The molecule has 28 heavy (non-hydrogen) atoms. The number of pyridine rings is 1. The van der Waals surface area contributed by atoms with Crippen molar-refractivity contribution in [3.8, 4) is 0 Å². The van der Waals surface area contributed by atoms with E-state index in [2.05, 4.69) is 10.3 Å². The van der Waals surface area contributed by atoms with E-state index in [-0.39, 0.29) is 30.5 Å². The van der Waals surface area contributed by atoms with Crippen LogP contribution in [0.4, 0.5) is 11.5 Å². The quantitative estimate of drug-likeness (QED) is 0.708. The van der Waals surface area contributed by atoms with E-state index in [9.17, 15) is 13.2 Å². The molecule has 144 valence electrons. The van der Waals surface area contributed by atoms with Gasteiger partial charge in [-0.1, -0.05) is 41.9 Å². The molecule has 1 aromatic heterocycles. The minimum atomic E-state index is -3.05. The van der Waals surface area contributed by atoms with Gasteiger partial charge in [-0.25, -0.2) is 13.4 Å². The predicted octanol–water partition coefficient (Wildman–Crippen LogP) is 3.50. The minimum Gasteiger partial charge on any atom is -0.340 e. The van der Waals surface area contributed by atoms with Crippen LogP contribution >= 0.6 is 11.6 Å². The summed E-state index contributed by atoms with van der Waals surface area (Å²) in [5.41, 5.74) is 1.26. The molecule has 1 aliphatic rings. The van der Waals surface area contributed by atoms with E-state index in [1.165, 1.54) is 0 Å². The van der Waals surface area contributed by atoms with Crippen molar-refractivity contribution >= 4 is 49.6 Å². The Morgan fingerprint density at radius 1 is 1.04 bits per heavy atom. The average molecular weight is 416 g/mol. The minimum absolute atomic E-state index is 0.00148. The number of hydrogen-bond donors (Lipinski definition) is 1. The number of sulfone groups is 1. The van der Waals surface area contributed by atoms with Crippen LogP contribution in [0.1, 0.15) is 10.4 Å². The van der Waals surface area contributed by atoms with E-state index in [4.69, 9.17) is 11.6 Å². The van der Waals surface area contributed by atoms with Crippen LogP contribution in [0, 0.1) is 0 Å². The zero-order chi connectivity index (χ0) is 19.7. The van der Waals surface area contributed by atoms with Crippen LogP contribution in [-0.2, 0) is 9.84 Å². The second-order valence-corrected chi connectivity index (χ2v) is 9.39. The van der Waals surface area contributed by atoms with Crippen molar-refractivity contribution < 1.29 is 13.2 Å². The van der Waals surface area contributed by atoms with Gasteiger partial charge in [0.2, 0.25) is 0 Å². The molecule has 0 saturated carbocycles. The summed E-state index contributed by atoms with van der Waals surface area (Å²) in [6.45, 7) is 0.413. The SMILES string of the molecule is O=C(c1cnc(Nc2cccc(Cl)c2)c2ccccc12)N1CCS(=O)(=O)CC1. The maximum Gasteiger partial charge on any atom is 0.256 e. The third-order valence-corrected chi connectivity index (χ3v) is 6.59. The molecular formula is C20H18ClN3O3S. The molecule has 8 heteroatoms. The molecule has 3 aromatic rings. The smallest absolute Gasteiger partial charge is 0.256 e. The van der Waals surface area contributed by atoms with Crippen molar-refractivity contribution in [2.45, 2.75) is 0 Å². The molecular weight excluding hydrogens is 398 g/mol. The molecule has 0 spiro atoms. The maximum absolute atomic E-state index is 13.0. The van der Waals surface area contributed by atoms with Gasteiger partial charge in [0.05, 0.1) is 17.1 Å². The highest BCUT2D eigenvalue weighted by atomic mass is 35.5. The fraction of sp³-hybridized carbons (Fsp3) is 0.200. The van der Waals surface area contributed by atoms with Gasteiger partial charge in [-0.05, 0) is 23.6 Å². The van der Waals surface area contributed by atoms with Gasteiger partial charge in [-0.2, -0.15) is 0 Å². The van der Waals surface area contributed by atoms with Crippen molar-refractivity contribution in [1.82, 2.24) is 9.88 Å². The summed E-state index contributed by atoms with van der Waals surface area (Å²) in [5, 5.41) is 5.42. The maximum atomic E-state index is 13.0. The molecule has 1 saturated heterocycles. The van der Waals surface area contributed by atoms with Crippen molar-refractivity contribution in [3.63, 3.8) is 0 Å². The summed E-state index contributed by atoms with van der Waals surface area (Å²) < 4.78 is 23.3. The Labute approximate surface area is 168 Å². The van der Waals surface area contributed by atoms with Gasteiger partial charge in [0.1, 0.15) is 5.82 Å². The van der Waals surface area contributed by atoms with Crippen molar-refractivity contribution in [3.05, 3.63) is 65.3 Å². The third kappa shape index (κ3) is 3.81. The lowest BCUT2D eigenvalue weighted by molar-refractivity contribution is 0.0772. The third-order valence-electron chi connectivity index (χ3n) is 4.74. The molecule has 1 aliphatic heterocycles. The van der Waals surface area contributed by atoms with Crippen molar-refractivity contribution in [2.75, 3.05) is 29.9 Å². The molecule has 1 fully saturated rings. The monoisotopic (exact) mass is 415 g/mol.